The number of ether oxygens (including phenoxy) is 1. The fourth-order valence-electron chi connectivity index (χ4n) is 2.76. The van der Waals surface area contributed by atoms with E-state index in [1.54, 1.807) is 0 Å². The van der Waals surface area contributed by atoms with Crippen LogP contribution in [0.1, 0.15) is 48.9 Å². The Labute approximate surface area is 133 Å². The number of thiophene rings is 1. The van der Waals surface area contributed by atoms with Crippen LogP contribution in [0.15, 0.2) is 6.07 Å². The van der Waals surface area contributed by atoms with Gasteiger partial charge in [0.2, 0.25) is 0 Å². The molecule has 4 heteroatoms. The topological polar surface area (TPSA) is 24.5 Å². The van der Waals surface area contributed by atoms with Crippen molar-refractivity contribution < 1.29 is 4.74 Å². The predicted molar refractivity (Wildman–Crippen MR) is 91.0 cm³/mol. The van der Waals surface area contributed by atoms with Crippen LogP contribution < -0.4 is 5.32 Å². The second-order valence-electron chi connectivity index (χ2n) is 6.29. The van der Waals surface area contributed by atoms with E-state index in [9.17, 15) is 0 Å². The summed E-state index contributed by atoms with van der Waals surface area (Å²) in [7, 11) is 0. The zero-order valence-electron chi connectivity index (χ0n) is 13.9. The minimum absolute atomic E-state index is 0.450. The van der Waals surface area contributed by atoms with Crippen molar-refractivity contribution in [2.75, 3.05) is 19.7 Å². The second-order valence-corrected chi connectivity index (χ2v) is 7.63. The molecule has 2 rings (SSSR count). The van der Waals surface area contributed by atoms with Crippen molar-refractivity contribution in [3.05, 3.63) is 21.4 Å². The van der Waals surface area contributed by atoms with E-state index < -0.39 is 0 Å². The van der Waals surface area contributed by atoms with Gasteiger partial charge in [0.1, 0.15) is 0 Å². The summed E-state index contributed by atoms with van der Waals surface area (Å²) >= 11 is 1.93. The molecule has 1 aliphatic rings. The monoisotopic (exact) mass is 310 g/mol. The zero-order chi connectivity index (χ0) is 15.2. The van der Waals surface area contributed by atoms with E-state index in [-0.39, 0.29) is 0 Å². The molecule has 1 aliphatic heterocycles. The van der Waals surface area contributed by atoms with Gasteiger partial charge in [0.25, 0.3) is 0 Å². The van der Waals surface area contributed by atoms with E-state index >= 15 is 0 Å². The van der Waals surface area contributed by atoms with Gasteiger partial charge in [-0.3, -0.25) is 4.90 Å². The molecule has 21 heavy (non-hydrogen) atoms. The first-order chi connectivity index (χ1) is 10.1. The van der Waals surface area contributed by atoms with E-state index in [0.29, 0.717) is 12.1 Å². The van der Waals surface area contributed by atoms with Gasteiger partial charge in [-0.15, -0.1) is 11.3 Å². The molecule has 1 N–H and O–H groups in total. The summed E-state index contributed by atoms with van der Waals surface area (Å²) in [6.07, 6.45) is 2.90. The third-order valence-corrected chi connectivity index (χ3v) is 5.18. The summed E-state index contributed by atoms with van der Waals surface area (Å²) in [6, 6.07) is 2.93. The average molecular weight is 311 g/mol. The highest BCUT2D eigenvalue weighted by Gasteiger charge is 2.19. The van der Waals surface area contributed by atoms with Crippen molar-refractivity contribution in [2.45, 2.75) is 65.8 Å². The molecule has 1 unspecified atom stereocenters. The highest BCUT2D eigenvalue weighted by atomic mass is 32.1. The van der Waals surface area contributed by atoms with Crippen LogP contribution in [0.25, 0.3) is 0 Å². The van der Waals surface area contributed by atoms with Crippen LogP contribution in [0.3, 0.4) is 0 Å². The molecule has 3 nitrogen and oxygen atoms in total. The van der Waals surface area contributed by atoms with Gasteiger partial charge in [0.15, 0.2) is 0 Å². The van der Waals surface area contributed by atoms with Crippen LogP contribution in [-0.2, 0) is 17.8 Å². The highest BCUT2D eigenvalue weighted by Crippen LogP contribution is 2.24. The molecule has 1 saturated heterocycles. The Kier molecular flexibility index (Phi) is 6.68. The molecule has 0 aliphatic carbocycles. The molecule has 0 aromatic carbocycles. The van der Waals surface area contributed by atoms with Crippen LogP contribution in [0.2, 0.25) is 0 Å². The van der Waals surface area contributed by atoms with E-state index in [0.717, 1.165) is 32.8 Å². The molecule has 0 bridgehead atoms. The Hall–Kier alpha value is -0.420. The normalized spacial score (nSPS) is 19.0. The molecule has 1 fully saturated rings. The Morgan fingerprint density at radius 1 is 1.48 bits per heavy atom. The molecule has 120 valence electrons. The third kappa shape index (κ3) is 5.37. The number of hydrogen-bond acceptors (Lipinski definition) is 4. The Morgan fingerprint density at radius 3 is 2.90 bits per heavy atom. The third-order valence-electron chi connectivity index (χ3n) is 4.08. The first-order valence-corrected chi connectivity index (χ1v) is 9.05. The van der Waals surface area contributed by atoms with Crippen molar-refractivity contribution in [3.8, 4) is 0 Å². The molecular formula is C17H30N2OS. The lowest BCUT2D eigenvalue weighted by molar-refractivity contribution is 0.0725. The van der Waals surface area contributed by atoms with Crippen LogP contribution in [0.5, 0.6) is 0 Å². The number of hydrogen-bond donors (Lipinski definition) is 1. The van der Waals surface area contributed by atoms with Crippen molar-refractivity contribution >= 4 is 11.3 Å². The van der Waals surface area contributed by atoms with Crippen LogP contribution in [0.4, 0.5) is 0 Å². The number of nitrogens with zero attached hydrogens (tertiary/aromatic N) is 1. The van der Waals surface area contributed by atoms with Gasteiger partial charge >= 0.3 is 0 Å². The number of nitrogens with one attached hydrogen (secondary N) is 1. The summed E-state index contributed by atoms with van der Waals surface area (Å²) < 4.78 is 5.77. The van der Waals surface area contributed by atoms with E-state index in [4.69, 9.17) is 4.74 Å². The molecule has 1 aromatic rings. The lowest BCUT2D eigenvalue weighted by atomic mass is 10.2. The summed E-state index contributed by atoms with van der Waals surface area (Å²) in [4.78, 5) is 5.43. The fourth-order valence-corrected chi connectivity index (χ4v) is 3.76. The average Bonchev–Trinajstić information content (AvgIpc) is 3.06. The van der Waals surface area contributed by atoms with Crippen LogP contribution in [-0.4, -0.2) is 36.7 Å². The van der Waals surface area contributed by atoms with Gasteiger partial charge in [-0.25, -0.2) is 0 Å². The number of rotatable bonds is 8. The Morgan fingerprint density at radius 2 is 2.29 bits per heavy atom. The van der Waals surface area contributed by atoms with Crippen molar-refractivity contribution in [3.63, 3.8) is 0 Å². The second kappa shape index (κ2) is 8.28. The first kappa shape index (κ1) is 16.9. The maximum atomic E-state index is 5.77. The van der Waals surface area contributed by atoms with Crippen molar-refractivity contribution in [1.82, 2.24) is 10.2 Å². The molecular weight excluding hydrogens is 280 g/mol. The van der Waals surface area contributed by atoms with Gasteiger partial charge in [0.05, 0.1) is 6.10 Å². The smallest absolute Gasteiger partial charge is 0.0702 e. The van der Waals surface area contributed by atoms with Crippen molar-refractivity contribution in [2.24, 2.45) is 0 Å². The molecule has 0 spiro atoms. The maximum Gasteiger partial charge on any atom is 0.0702 e. The summed E-state index contributed by atoms with van der Waals surface area (Å²) in [5, 5.41) is 3.51. The van der Waals surface area contributed by atoms with Gasteiger partial charge in [0, 0.05) is 42.0 Å². The van der Waals surface area contributed by atoms with Crippen LogP contribution >= 0.6 is 11.3 Å². The van der Waals surface area contributed by atoms with Gasteiger partial charge < -0.3 is 10.1 Å². The zero-order valence-corrected chi connectivity index (χ0v) is 14.8. The summed E-state index contributed by atoms with van der Waals surface area (Å²) in [5.74, 6) is 0. The molecule has 1 aromatic heterocycles. The first-order valence-electron chi connectivity index (χ1n) is 8.24. The quantitative estimate of drug-likeness (QED) is 0.794. The van der Waals surface area contributed by atoms with Crippen molar-refractivity contribution in [1.29, 1.82) is 0 Å². The molecule has 2 heterocycles. The lowest BCUT2D eigenvalue weighted by Crippen LogP contribution is -2.31. The molecule has 0 amide bonds. The minimum Gasteiger partial charge on any atom is -0.377 e. The van der Waals surface area contributed by atoms with Gasteiger partial charge in [-0.2, -0.15) is 0 Å². The fraction of sp³-hybridized carbons (Fsp3) is 0.765. The minimum atomic E-state index is 0.450. The molecule has 0 radical (unpaired) electrons. The van der Waals surface area contributed by atoms with E-state index in [1.165, 1.54) is 28.2 Å². The Bertz CT molecular complexity index is 424. The van der Waals surface area contributed by atoms with Gasteiger partial charge in [-0.05, 0) is 37.9 Å². The van der Waals surface area contributed by atoms with E-state index in [1.807, 2.05) is 11.3 Å². The van der Waals surface area contributed by atoms with Gasteiger partial charge in [-0.1, -0.05) is 20.8 Å². The number of aryl methyl sites for hydroxylation is 1. The summed E-state index contributed by atoms with van der Waals surface area (Å²) in [6.45, 7) is 14.0. The largest absolute Gasteiger partial charge is 0.377 e. The Balaban J connectivity index is 1.90. The van der Waals surface area contributed by atoms with E-state index in [2.05, 4.69) is 44.0 Å². The molecule has 0 saturated carbocycles. The maximum absolute atomic E-state index is 5.77. The summed E-state index contributed by atoms with van der Waals surface area (Å²) in [5.41, 5.74) is 1.49. The highest BCUT2D eigenvalue weighted by molar-refractivity contribution is 7.12. The SMILES string of the molecule is CCN(Cc1cc(CNC(C)C)sc1C)CC1CCCO1. The standard InChI is InChI=1S/C17H30N2OS/c1-5-19(12-16-7-6-8-20-16)11-15-9-17(21-14(15)4)10-18-13(2)3/h9,13,16,18H,5-8,10-12H2,1-4H3. The number of likely N-dealkylation sites (N-methyl/N-ethyl adjacent to an activating group) is 1. The predicted octanol–water partition coefficient (Wildman–Crippen LogP) is 3.56. The molecule has 1 atom stereocenters. The lowest BCUT2D eigenvalue weighted by Gasteiger charge is -2.23. The van der Waals surface area contributed by atoms with Crippen LogP contribution in [0, 0.1) is 6.92 Å².